The maximum absolute atomic E-state index is 4.50. The lowest BCUT2D eigenvalue weighted by molar-refractivity contribution is 0.300. The van der Waals surface area contributed by atoms with E-state index in [2.05, 4.69) is 33.9 Å². The summed E-state index contributed by atoms with van der Waals surface area (Å²) in [6.45, 7) is 7.93. The highest BCUT2D eigenvalue weighted by molar-refractivity contribution is 5.13. The molecule has 1 aromatic heterocycles. The molecule has 0 amide bonds. The Morgan fingerprint density at radius 2 is 2.29 bits per heavy atom. The molecule has 2 aliphatic rings. The van der Waals surface area contributed by atoms with Crippen molar-refractivity contribution in [2.24, 2.45) is 5.92 Å². The van der Waals surface area contributed by atoms with Gasteiger partial charge in [-0.3, -0.25) is 0 Å². The van der Waals surface area contributed by atoms with Crippen molar-refractivity contribution >= 4 is 0 Å². The first kappa shape index (κ1) is 11.2. The van der Waals surface area contributed by atoms with Gasteiger partial charge in [0.05, 0.1) is 0 Å². The van der Waals surface area contributed by atoms with Gasteiger partial charge in [-0.15, -0.1) is 10.2 Å². The molecule has 0 aliphatic carbocycles. The molecule has 3 heterocycles. The number of nitrogens with zero attached hydrogens (tertiary/aromatic N) is 3. The summed E-state index contributed by atoms with van der Waals surface area (Å²) in [5.41, 5.74) is 0.185. The monoisotopic (exact) mass is 234 g/mol. The van der Waals surface area contributed by atoms with Gasteiger partial charge >= 0.3 is 0 Å². The summed E-state index contributed by atoms with van der Waals surface area (Å²) in [6, 6.07) is 0. The third-order valence-electron chi connectivity index (χ3n) is 4.34. The van der Waals surface area contributed by atoms with E-state index in [0.29, 0.717) is 0 Å². The van der Waals surface area contributed by atoms with Gasteiger partial charge in [-0.25, -0.2) is 0 Å². The van der Waals surface area contributed by atoms with E-state index in [1.807, 2.05) is 0 Å². The van der Waals surface area contributed by atoms with E-state index in [1.54, 1.807) is 0 Å². The third-order valence-corrected chi connectivity index (χ3v) is 4.34. The molecule has 94 valence electrons. The first-order valence-corrected chi connectivity index (χ1v) is 6.82. The van der Waals surface area contributed by atoms with E-state index in [0.717, 1.165) is 32.0 Å². The number of piperidine rings is 1. The van der Waals surface area contributed by atoms with Gasteiger partial charge in [0.1, 0.15) is 11.6 Å². The van der Waals surface area contributed by atoms with Crippen molar-refractivity contribution in [1.82, 2.24) is 20.1 Å². The zero-order valence-electron chi connectivity index (χ0n) is 10.9. The molecule has 1 fully saturated rings. The van der Waals surface area contributed by atoms with E-state index in [4.69, 9.17) is 0 Å². The van der Waals surface area contributed by atoms with Crippen LogP contribution in [0.4, 0.5) is 0 Å². The number of hydrogen-bond donors (Lipinski definition) is 1. The van der Waals surface area contributed by atoms with Crippen LogP contribution in [0.5, 0.6) is 0 Å². The Kier molecular flexibility index (Phi) is 2.69. The Labute approximate surface area is 103 Å². The van der Waals surface area contributed by atoms with Crippen LogP contribution in [0.3, 0.4) is 0 Å². The normalized spacial score (nSPS) is 33.4. The van der Waals surface area contributed by atoms with Crippen LogP contribution < -0.4 is 5.32 Å². The number of nitrogens with one attached hydrogen (secondary N) is 1. The predicted octanol–water partition coefficient (Wildman–Crippen LogP) is 1.50. The number of aromatic nitrogens is 3. The lowest BCUT2D eigenvalue weighted by Crippen LogP contribution is -2.43. The van der Waals surface area contributed by atoms with Gasteiger partial charge < -0.3 is 9.88 Å². The molecular formula is C13H22N4. The van der Waals surface area contributed by atoms with Crippen molar-refractivity contribution in [3.05, 3.63) is 11.6 Å². The van der Waals surface area contributed by atoms with Gasteiger partial charge in [-0.05, 0) is 31.7 Å². The van der Waals surface area contributed by atoms with Crippen molar-refractivity contribution in [2.75, 3.05) is 13.1 Å². The zero-order valence-corrected chi connectivity index (χ0v) is 10.9. The zero-order chi connectivity index (χ0) is 11.9. The van der Waals surface area contributed by atoms with Crippen LogP contribution in [0.1, 0.15) is 44.8 Å². The summed E-state index contributed by atoms with van der Waals surface area (Å²) in [6.07, 6.45) is 4.83. The molecule has 3 rings (SSSR count). The molecule has 4 nitrogen and oxygen atoms in total. The molecule has 0 bridgehead atoms. The summed E-state index contributed by atoms with van der Waals surface area (Å²) >= 11 is 0. The quantitative estimate of drug-likeness (QED) is 0.801. The van der Waals surface area contributed by atoms with Crippen molar-refractivity contribution in [1.29, 1.82) is 0 Å². The minimum atomic E-state index is 0.185. The van der Waals surface area contributed by atoms with Gasteiger partial charge in [0.25, 0.3) is 0 Å². The first-order valence-electron chi connectivity index (χ1n) is 6.82. The average molecular weight is 234 g/mol. The lowest BCUT2D eigenvalue weighted by Gasteiger charge is -2.34. The molecule has 2 aliphatic heterocycles. The fourth-order valence-corrected chi connectivity index (χ4v) is 3.18. The molecule has 17 heavy (non-hydrogen) atoms. The van der Waals surface area contributed by atoms with Crippen LogP contribution in [0.2, 0.25) is 0 Å². The Hall–Kier alpha value is -0.900. The Balaban J connectivity index is 1.93. The molecule has 1 N–H and O–H groups in total. The highest BCUT2D eigenvalue weighted by atomic mass is 15.3. The van der Waals surface area contributed by atoms with Crippen molar-refractivity contribution in [2.45, 2.75) is 51.5 Å². The maximum atomic E-state index is 4.50. The van der Waals surface area contributed by atoms with Crippen LogP contribution in [0.15, 0.2) is 0 Å². The third kappa shape index (κ3) is 1.88. The van der Waals surface area contributed by atoms with Gasteiger partial charge in [0.2, 0.25) is 0 Å². The second-order valence-corrected chi connectivity index (χ2v) is 6.03. The summed E-state index contributed by atoms with van der Waals surface area (Å²) in [5.74, 6) is 3.17. The van der Waals surface area contributed by atoms with Crippen LogP contribution in [0, 0.1) is 5.92 Å². The molecular weight excluding hydrogens is 212 g/mol. The molecule has 0 spiro atoms. The second kappa shape index (κ2) is 4.09. The van der Waals surface area contributed by atoms with Crippen LogP contribution in [-0.2, 0) is 18.4 Å². The summed E-state index contributed by atoms with van der Waals surface area (Å²) < 4.78 is 2.38. The van der Waals surface area contributed by atoms with E-state index in [-0.39, 0.29) is 5.41 Å². The highest BCUT2D eigenvalue weighted by Gasteiger charge is 2.35. The minimum absolute atomic E-state index is 0.185. The van der Waals surface area contributed by atoms with Crippen LogP contribution >= 0.6 is 0 Å². The lowest BCUT2D eigenvalue weighted by atomic mass is 9.81. The standard InChI is InChI=1S/C13H22N4/c1-10-4-7-17-11(8-10)15-16-12(17)13(2)5-3-6-14-9-13/h10,14H,3-9H2,1-2H3. The fraction of sp³-hybridized carbons (Fsp3) is 0.846. The predicted molar refractivity (Wildman–Crippen MR) is 67.0 cm³/mol. The van der Waals surface area contributed by atoms with Gasteiger partial charge in [-0.2, -0.15) is 0 Å². The maximum Gasteiger partial charge on any atom is 0.140 e. The fourth-order valence-electron chi connectivity index (χ4n) is 3.18. The molecule has 0 aromatic carbocycles. The molecule has 0 saturated carbocycles. The smallest absolute Gasteiger partial charge is 0.140 e. The first-order chi connectivity index (χ1) is 8.19. The van der Waals surface area contributed by atoms with Gasteiger partial charge in [0, 0.05) is 24.9 Å². The minimum Gasteiger partial charge on any atom is -0.316 e. The Bertz CT molecular complexity index is 404. The van der Waals surface area contributed by atoms with E-state index >= 15 is 0 Å². The highest BCUT2D eigenvalue weighted by Crippen LogP contribution is 2.32. The molecule has 2 atom stereocenters. The van der Waals surface area contributed by atoms with Crippen molar-refractivity contribution in [3.63, 3.8) is 0 Å². The Morgan fingerprint density at radius 3 is 3.06 bits per heavy atom. The number of rotatable bonds is 1. The van der Waals surface area contributed by atoms with Crippen LogP contribution in [0.25, 0.3) is 0 Å². The molecule has 1 aromatic rings. The van der Waals surface area contributed by atoms with Gasteiger partial charge in [-0.1, -0.05) is 13.8 Å². The van der Waals surface area contributed by atoms with Crippen LogP contribution in [-0.4, -0.2) is 27.9 Å². The topological polar surface area (TPSA) is 42.7 Å². The average Bonchev–Trinajstić information content (AvgIpc) is 2.73. The van der Waals surface area contributed by atoms with Crippen molar-refractivity contribution in [3.8, 4) is 0 Å². The summed E-state index contributed by atoms with van der Waals surface area (Å²) in [7, 11) is 0. The largest absolute Gasteiger partial charge is 0.316 e. The number of fused-ring (bicyclic) bond motifs is 1. The Morgan fingerprint density at radius 1 is 1.41 bits per heavy atom. The van der Waals surface area contributed by atoms with Crippen molar-refractivity contribution < 1.29 is 0 Å². The second-order valence-electron chi connectivity index (χ2n) is 6.03. The van der Waals surface area contributed by atoms with E-state index < -0.39 is 0 Å². The molecule has 2 unspecified atom stereocenters. The molecule has 4 heteroatoms. The van der Waals surface area contributed by atoms with Gasteiger partial charge in [0.15, 0.2) is 0 Å². The van der Waals surface area contributed by atoms with E-state index in [1.165, 1.54) is 30.9 Å². The van der Waals surface area contributed by atoms with E-state index in [9.17, 15) is 0 Å². The SMILES string of the molecule is CC1CCn2c(nnc2C2(C)CCCNC2)C1. The summed E-state index contributed by atoms with van der Waals surface area (Å²) in [4.78, 5) is 0. The molecule has 0 radical (unpaired) electrons. The molecule has 1 saturated heterocycles. The summed E-state index contributed by atoms with van der Waals surface area (Å²) in [5, 5.41) is 12.4. The number of hydrogen-bond acceptors (Lipinski definition) is 3.